The first kappa shape index (κ1) is 29.7. The van der Waals surface area contributed by atoms with E-state index < -0.39 is 10.8 Å². The Bertz CT molecular complexity index is 2370. The van der Waals surface area contributed by atoms with Crippen LogP contribution in [0.3, 0.4) is 0 Å². The van der Waals surface area contributed by atoms with E-state index in [0.717, 1.165) is 61.2 Å². The van der Waals surface area contributed by atoms with Gasteiger partial charge in [-0.15, -0.1) is 57.3 Å². The molecule has 3 heterocycles. The third-order valence-electron chi connectivity index (χ3n) is 10.1. The van der Waals surface area contributed by atoms with Crippen LogP contribution in [-0.2, 0) is 31.9 Å². The van der Waals surface area contributed by atoms with E-state index in [2.05, 4.69) is 161 Å². The largest absolute Gasteiger partial charge is 2.00 e. The molecule has 228 valence electrons. The first-order valence-corrected chi connectivity index (χ1v) is 16.0. The molecule has 0 N–H and O–H groups in total. The van der Waals surface area contributed by atoms with E-state index in [0.29, 0.717) is 0 Å². The van der Waals surface area contributed by atoms with E-state index in [1.165, 1.54) is 26.9 Å². The summed E-state index contributed by atoms with van der Waals surface area (Å²) in [7, 11) is 0. The molecule has 8 aromatic rings. The fraction of sp³-hybridized carbons (Fsp3) is 0.136. The zero-order valence-corrected chi connectivity index (χ0v) is 29.0. The molecule has 0 saturated carbocycles. The molecule has 0 radical (unpaired) electrons. The van der Waals surface area contributed by atoms with Crippen LogP contribution in [0.2, 0.25) is 0 Å². The van der Waals surface area contributed by atoms with Crippen LogP contribution in [0, 0.1) is 12.1 Å². The van der Waals surface area contributed by atoms with Crippen molar-refractivity contribution in [2.24, 2.45) is 0 Å². The molecule has 3 heteroatoms. The number of hydrogen-bond donors (Lipinski definition) is 0. The normalized spacial score (nSPS) is 14.6. The van der Waals surface area contributed by atoms with Gasteiger partial charge >= 0.3 is 21.1 Å². The summed E-state index contributed by atoms with van der Waals surface area (Å²) in [6.07, 6.45) is 0. The number of hydrogen-bond acceptors (Lipinski definition) is 2. The summed E-state index contributed by atoms with van der Waals surface area (Å²) in [5, 5.41) is 9.29. The molecule has 0 fully saturated rings. The van der Waals surface area contributed by atoms with Gasteiger partial charge in [0.05, 0.1) is 0 Å². The van der Waals surface area contributed by atoms with E-state index in [4.69, 9.17) is 9.97 Å². The van der Waals surface area contributed by atoms with Gasteiger partial charge in [0.1, 0.15) is 0 Å². The Morgan fingerprint density at radius 1 is 0.511 bits per heavy atom. The fourth-order valence-corrected chi connectivity index (χ4v) is 7.43. The van der Waals surface area contributed by atoms with Crippen molar-refractivity contribution < 1.29 is 21.1 Å². The van der Waals surface area contributed by atoms with E-state index in [1.54, 1.807) is 0 Å². The number of nitrogens with zero attached hydrogens (tertiary/aromatic N) is 2. The number of aromatic nitrogens is 2. The van der Waals surface area contributed by atoms with Crippen LogP contribution >= 0.6 is 0 Å². The third kappa shape index (κ3) is 4.49. The monoisotopic (exact) mass is 783 g/mol. The van der Waals surface area contributed by atoms with Gasteiger partial charge in [0.2, 0.25) is 0 Å². The van der Waals surface area contributed by atoms with E-state index in [1.807, 2.05) is 0 Å². The molecule has 0 atom stereocenters. The van der Waals surface area contributed by atoms with Crippen LogP contribution in [0.25, 0.3) is 65.6 Å². The van der Waals surface area contributed by atoms with Crippen molar-refractivity contribution >= 4 is 43.1 Å². The van der Waals surface area contributed by atoms with E-state index in [-0.39, 0.29) is 21.1 Å². The zero-order chi connectivity index (χ0) is 31.2. The molecule has 47 heavy (non-hydrogen) atoms. The van der Waals surface area contributed by atoms with Gasteiger partial charge in [-0.1, -0.05) is 142 Å². The van der Waals surface area contributed by atoms with Crippen molar-refractivity contribution in [1.82, 2.24) is 9.97 Å². The van der Waals surface area contributed by atoms with Crippen molar-refractivity contribution in [3.8, 4) is 22.5 Å². The fourth-order valence-electron chi connectivity index (χ4n) is 7.43. The second-order valence-electron chi connectivity index (χ2n) is 13.7. The Hall–Kier alpha value is -4.65. The van der Waals surface area contributed by atoms with Crippen LogP contribution in [-0.4, -0.2) is 9.97 Å². The molecule has 0 saturated heterocycles. The maximum atomic E-state index is 5.58. The maximum Gasteiger partial charge on any atom is 2.00 e. The van der Waals surface area contributed by atoms with E-state index >= 15 is 0 Å². The predicted molar refractivity (Wildman–Crippen MR) is 191 cm³/mol. The van der Waals surface area contributed by atoms with Gasteiger partial charge in [-0.3, -0.25) is 9.97 Å². The van der Waals surface area contributed by atoms with Crippen LogP contribution in [0.15, 0.2) is 121 Å². The Kier molecular flexibility index (Phi) is 6.76. The molecule has 1 aliphatic heterocycles. The summed E-state index contributed by atoms with van der Waals surface area (Å²) in [6, 6.07) is 51.5. The topological polar surface area (TPSA) is 25.8 Å². The van der Waals surface area contributed by atoms with Gasteiger partial charge in [-0.05, 0) is 33.6 Å². The quantitative estimate of drug-likeness (QED) is 0.143. The third-order valence-corrected chi connectivity index (χ3v) is 10.1. The van der Waals surface area contributed by atoms with Crippen LogP contribution in [0.5, 0.6) is 0 Å². The van der Waals surface area contributed by atoms with Gasteiger partial charge in [0, 0.05) is 27.6 Å². The molecular weight excluding hydrogens is 752 g/mol. The standard InChI is InChI=1S/C44H32N2.Pt/c1-43(2)32-22-28-14-5-9-17-33(28)37(26-32)39-24-29-15-8-12-20-36(29)42(45-39)44(3,4)38-23-31(21-27-13-6-10-18-34(27)38)41-35-19-11-7-16-30(35)25-40(43)46-41;/h5-22,24-25H,1-4H3;/q-2;+2. The Labute approximate surface area is 289 Å². The molecule has 2 aromatic heterocycles. The van der Waals surface area contributed by atoms with Gasteiger partial charge in [0.25, 0.3) is 0 Å². The molecule has 6 aromatic carbocycles. The number of rotatable bonds is 0. The summed E-state index contributed by atoms with van der Waals surface area (Å²) >= 11 is 0. The van der Waals surface area contributed by atoms with Crippen LogP contribution < -0.4 is 0 Å². The molecule has 8 bridgehead atoms. The molecular formula is C44H32N2Pt. The van der Waals surface area contributed by atoms with Crippen molar-refractivity contribution in [3.05, 3.63) is 156 Å². The van der Waals surface area contributed by atoms with Crippen molar-refractivity contribution in [2.75, 3.05) is 0 Å². The van der Waals surface area contributed by atoms with Gasteiger partial charge in [0.15, 0.2) is 0 Å². The molecule has 0 amide bonds. The second kappa shape index (κ2) is 10.7. The minimum Gasteiger partial charge on any atom is -0.300 e. The molecule has 0 aliphatic carbocycles. The molecule has 0 unspecified atom stereocenters. The predicted octanol–water partition coefficient (Wildman–Crippen LogP) is 11.0. The number of fused-ring (bicyclic) bond motifs is 18. The Balaban J connectivity index is 0.00000324. The van der Waals surface area contributed by atoms with Gasteiger partial charge in [-0.25, -0.2) is 0 Å². The maximum absolute atomic E-state index is 5.58. The molecule has 9 rings (SSSR count). The SMILES string of the molecule is CC1(C)c2[c-]c(c3ccccc3c2)-c2cc3ccccc3c(n2)C(C)(C)c2[c-]c(cc3ccccc23)-c2nc1cc1ccccc21.[Pt+2]. The van der Waals surface area contributed by atoms with Crippen molar-refractivity contribution in [2.45, 2.75) is 38.5 Å². The Morgan fingerprint density at radius 2 is 1.06 bits per heavy atom. The smallest absolute Gasteiger partial charge is 0.300 e. The molecule has 0 spiro atoms. The minimum absolute atomic E-state index is 0. The summed E-state index contributed by atoms with van der Waals surface area (Å²) in [6.45, 7) is 9.12. The second-order valence-corrected chi connectivity index (χ2v) is 13.7. The Morgan fingerprint density at radius 3 is 1.77 bits per heavy atom. The first-order valence-electron chi connectivity index (χ1n) is 16.0. The number of benzene rings is 6. The number of pyridine rings is 2. The summed E-state index contributed by atoms with van der Waals surface area (Å²) < 4.78 is 0. The van der Waals surface area contributed by atoms with Crippen LogP contribution in [0.1, 0.15) is 50.2 Å². The first-order chi connectivity index (χ1) is 22.3. The average Bonchev–Trinajstić information content (AvgIpc) is 3.09. The summed E-state index contributed by atoms with van der Waals surface area (Å²) in [4.78, 5) is 11.1. The summed E-state index contributed by atoms with van der Waals surface area (Å²) in [5.41, 5.74) is 7.21. The van der Waals surface area contributed by atoms with Crippen molar-refractivity contribution in [3.63, 3.8) is 0 Å². The van der Waals surface area contributed by atoms with E-state index in [9.17, 15) is 0 Å². The summed E-state index contributed by atoms with van der Waals surface area (Å²) in [5.74, 6) is 0. The molecule has 1 aliphatic rings. The zero-order valence-electron chi connectivity index (χ0n) is 26.8. The van der Waals surface area contributed by atoms with Gasteiger partial charge < -0.3 is 0 Å². The minimum atomic E-state index is -0.491. The van der Waals surface area contributed by atoms with Gasteiger partial charge in [-0.2, -0.15) is 0 Å². The van der Waals surface area contributed by atoms with Crippen molar-refractivity contribution in [1.29, 1.82) is 0 Å². The molecule has 2 nitrogen and oxygen atoms in total. The average molecular weight is 784 g/mol. The van der Waals surface area contributed by atoms with Crippen LogP contribution in [0.4, 0.5) is 0 Å².